The van der Waals surface area contributed by atoms with Crippen LogP contribution in [0.3, 0.4) is 0 Å². The first-order valence-corrected chi connectivity index (χ1v) is 11.0. The van der Waals surface area contributed by atoms with Crippen LogP contribution in [0.4, 0.5) is 8.78 Å². The fraction of sp³-hybridized carbons (Fsp3) is 0.238. The van der Waals surface area contributed by atoms with Gasteiger partial charge < -0.3 is 9.47 Å². The number of carbonyl (C=O) groups is 1. The number of benzene rings is 2. The smallest absolute Gasteiger partial charge is 0.254 e. The summed E-state index contributed by atoms with van der Waals surface area (Å²) in [5.41, 5.74) is 0.525. The van der Waals surface area contributed by atoms with Crippen molar-refractivity contribution in [1.82, 2.24) is 13.8 Å². The third kappa shape index (κ3) is 3.72. The Balaban J connectivity index is 1.58. The molecule has 0 unspecified atom stereocenters. The number of para-hydroxylation sites is 1. The van der Waals surface area contributed by atoms with Gasteiger partial charge in [-0.3, -0.25) is 9.59 Å². The lowest BCUT2D eigenvalue weighted by Crippen LogP contribution is -2.50. The first-order valence-electron chi connectivity index (χ1n) is 9.53. The van der Waals surface area contributed by atoms with Gasteiger partial charge in [-0.2, -0.15) is 4.31 Å². The summed E-state index contributed by atoms with van der Waals surface area (Å²) in [4.78, 5) is 26.1. The highest BCUT2D eigenvalue weighted by atomic mass is 32.2. The molecule has 1 aliphatic heterocycles. The minimum atomic E-state index is -4.25. The van der Waals surface area contributed by atoms with Gasteiger partial charge in [-0.25, -0.2) is 17.2 Å². The molecule has 0 N–H and O–H groups in total. The number of hydrogen-bond donors (Lipinski definition) is 0. The van der Waals surface area contributed by atoms with Gasteiger partial charge in [0.2, 0.25) is 10.0 Å². The van der Waals surface area contributed by atoms with Crippen LogP contribution in [0.1, 0.15) is 10.4 Å². The maximum atomic E-state index is 14.0. The quantitative estimate of drug-likeness (QED) is 0.615. The van der Waals surface area contributed by atoms with E-state index < -0.39 is 26.6 Å². The Bertz CT molecular complexity index is 1350. The van der Waals surface area contributed by atoms with Crippen molar-refractivity contribution >= 4 is 26.8 Å². The van der Waals surface area contributed by atoms with Gasteiger partial charge in [0, 0.05) is 44.7 Å². The molecule has 1 aliphatic rings. The Kier molecular flexibility index (Phi) is 5.36. The summed E-state index contributed by atoms with van der Waals surface area (Å²) < 4.78 is 55.4. The highest BCUT2D eigenvalue weighted by molar-refractivity contribution is 7.89. The van der Waals surface area contributed by atoms with E-state index in [1.807, 2.05) is 0 Å². The fourth-order valence-electron chi connectivity index (χ4n) is 3.70. The monoisotopic (exact) mass is 447 g/mol. The van der Waals surface area contributed by atoms with Crippen LogP contribution in [0.25, 0.3) is 10.9 Å². The summed E-state index contributed by atoms with van der Waals surface area (Å²) in [5.74, 6) is -2.28. The van der Waals surface area contributed by atoms with Gasteiger partial charge in [-0.15, -0.1) is 0 Å². The zero-order valence-electron chi connectivity index (χ0n) is 16.6. The van der Waals surface area contributed by atoms with Crippen LogP contribution in [0, 0.1) is 11.6 Å². The number of aromatic nitrogens is 1. The van der Waals surface area contributed by atoms with Crippen molar-refractivity contribution in [3.63, 3.8) is 0 Å². The average Bonchev–Trinajstić information content (AvgIpc) is 2.77. The van der Waals surface area contributed by atoms with Crippen molar-refractivity contribution < 1.29 is 22.0 Å². The van der Waals surface area contributed by atoms with E-state index in [0.29, 0.717) is 17.0 Å². The number of piperazine rings is 1. The van der Waals surface area contributed by atoms with Crippen molar-refractivity contribution in [1.29, 1.82) is 0 Å². The second-order valence-electron chi connectivity index (χ2n) is 7.24. The molecule has 0 saturated carbocycles. The molecule has 0 atom stereocenters. The van der Waals surface area contributed by atoms with Crippen molar-refractivity contribution in [2.24, 2.45) is 7.05 Å². The lowest BCUT2D eigenvalue weighted by Gasteiger charge is -2.34. The number of sulfonamides is 1. The number of rotatable bonds is 3. The molecule has 0 radical (unpaired) electrons. The molecule has 1 fully saturated rings. The highest BCUT2D eigenvalue weighted by Gasteiger charge is 2.33. The highest BCUT2D eigenvalue weighted by Crippen LogP contribution is 2.23. The molecule has 0 aliphatic carbocycles. The van der Waals surface area contributed by atoms with E-state index in [1.165, 1.54) is 15.5 Å². The molecule has 7 nitrogen and oxygen atoms in total. The third-order valence-corrected chi connectivity index (χ3v) is 7.33. The molecule has 0 bridgehead atoms. The maximum Gasteiger partial charge on any atom is 0.254 e. The zero-order valence-corrected chi connectivity index (χ0v) is 17.4. The van der Waals surface area contributed by atoms with E-state index in [1.54, 1.807) is 31.3 Å². The Morgan fingerprint density at radius 3 is 2.35 bits per heavy atom. The van der Waals surface area contributed by atoms with Gasteiger partial charge in [0.25, 0.3) is 11.5 Å². The number of amides is 1. The summed E-state index contributed by atoms with van der Waals surface area (Å²) in [6, 6.07) is 10.6. The van der Waals surface area contributed by atoms with Crippen LogP contribution in [0.5, 0.6) is 0 Å². The number of fused-ring (bicyclic) bond motifs is 1. The summed E-state index contributed by atoms with van der Waals surface area (Å²) in [7, 11) is -2.63. The number of aryl methyl sites for hydroxylation is 1. The predicted molar refractivity (Wildman–Crippen MR) is 110 cm³/mol. The van der Waals surface area contributed by atoms with Gasteiger partial charge in [-0.05, 0) is 24.3 Å². The second-order valence-corrected chi connectivity index (χ2v) is 9.15. The summed E-state index contributed by atoms with van der Waals surface area (Å²) >= 11 is 0. The number of nitrogens with zero attached hydrogens (tertiary/aromatic N) is 3. The topological polar surface area (TPSA) is 79.7 Å². The van der Waals surface area contributed by atoms with Gasteiger partial charge in [0.15, 0.2) is 0 Å². The first kappa shape index (κ1) is 21.1. The Morgan fingerprint density at radius 2 is 1.65 bits per heavy atom. The van der Waals surface area contributed by atoms with Crippen molar-refractivity contribution in [3.8, 4) is 0 Å². The van der Waals surface area contributed by atoms with E-state index in [9.17, 15) is 26.8 Å². The maximum absolute atomic E-state index is 14.0. The molecule has 0 spiro atoms. The summed E-state index contributed by atoms with van der Waals surface area (Å²) in [6.45, 7) is -0.0450. The number of pyridine rings is 1. The Labute approximate surface area is 177 Å². The molecular weight excluding hydrogens is 428 g/mol. The van der Waals surface area contributed by atoms with Gasteiger partial charge in [0.1, 0.15) is 16.5 Å². The average molecular weight is 447 g/mol. The van der Waals surface area contributed by atoms with Crippen LogP contribution in [0.15, 0.2) is 58.2 Å². The van der Waals surface area contributed by atoms with Gasteiger partial charge in [0.05, 0.1) is 11.1 Å². The van der Waals surface area contributed by atoms with E-state index in [-0.39, 0.29) is 43.2 Å². The van der Waals surface area contributed by atoms with Crippen LogP contribution in [-0.2, 0) is 17.1 Å². The number of halogens is 2. The van der Waals surface area contributed by atoms with Crippen molar-refractivity contribution in [2.45, 2.75) is 4.90 Å². The number of hydrogen-bond acceptors (Lipinski definition) is 4. The summed E-state index contributed by atoms with van der Waals surface area (Å²) in [6.07, 6.45) is 0. The Hall–Kier alpha value is -3.11. The molecule has 1 aromatic heterocycles. The molecule has 4 rings (SSSR count). The number of carbonyl (C=O) groups excluding carboxylic acids is 1. The molecule has 10 heteroatoms. The SMILES string of the molecule is Cn1c(=O)cc(C(=O)N2CCN(S(=O)(=O)c3cc(F)ccc3F)CC2)c2ccccc21. The minimum absolute atomic E-state index is 0.0541. The van der Waals surface area contributed by atoms with Crippen molar-refractivity contribution in [2.75, 3.05) is 26.2 Å². The van der Waals surface area contributed by atoms with Crippen LogP contribution in [0.2, 0.25) is 0 Å². The molecular formula is C21H19F2N3O4S. The van der Waals surface area contributed by atoms with E-state index >= 15 is 0 Å². The van der Waals surface area contributed by atoms with Gasteiger partial charge in [-0.1, -0.05) is 18.2 Å². The standard InChI is InChI=1S/C21H19F2N3O4S/c1-24-18-5-3-2-4-15(18)16(13-20(24)27)21(28)25-8-10-26(11-9-25)31(29,30)19-12-14(22)6-7-17(19)23/h2-7,12-13H,8-11H2,1H3. The molecule has 162 valence electrons. The normalized spacial score (nSPS) is 15.4. The lowest BCUT2D eigenvalue weighted by atomic mass is 10.1. The summed E-state index contributed by atoms with van der Waals surface area (Å²) in [5, 5.41) is 0.617. The van der Waals surface area contributed by atoms with Crippen LogP contribution >= 0.6 is 0 Å². The molecule has 1 amide bonds. The van der Waals surface area contributed by atoms with E-state index in [2.05, 4.69) is 0 Å². The fourth-order valence-corrected chi connectivity index (χ4v) is 5.20. The van der Waals surface area contributed by atoms with E-state index in [4.69, 9.17) is 0 Å². The Morgan fingerprint density at radius 1 is 0.968 bits per heavy atom. The minimum Gasteiger partial charge on any atom is -0.336 e. The molecule has 2 heterocycles. The molecule has 31 heavy (non-hydrogen) atoms. The molecule has 2 aromatic carbocycles. The predicted octanol–water partition coefficient (Wildman–Crippen LogP) is 1.96. The van der Waals surface area contributed by atoms with Crippen LogP contribution in [-0.4, -0.2) is 54.3 Å². The zero-order chi connectivity index (χ0) is 22.3. The third-order valence-electron chi connectivity index (χ3n) is 5.42. The van der Waals surface area contributed by atoms with Crippen molar-refractivity contribution in [3.05, 3.63) is 76.1 Å². The lowest BCUT2D eigenvalue weighted by molar-refractivity contribution is 0.0699. The van der Waals surface area contributed by atoms with Crippen LogP contribution < -0.4 is 5.56 Å². The molecule has 1 saturated heterocycles. The second kappa shape index (κ2) is 7.86. The largest absolute Gasteiger partial charge is 0.336 e. The van der Waals surface area contributed by atoms with E-state index in [0.717, 1.165) is 16.4 Å². The molecule has 3 aromatic rings. The van der Waals surface area contributed by atoms with Gasteiger partial charge >= 0.3 is 0 Å². The first-order chi connectivity index (χ1) is 14.7.